The summed E-state index contributed by atoms with van der Waals surface area (Å²) >= 11 is 0. The first-order chi connectivity index (χ1) is 11.7. The van der Waals surface area contributed by atoms with Gasteiger partial charge in [-0.2, -0.15) is 0 Å². The second-order valence-corrected chi connectivity index (χ2v) is 6.70. The lowest BCUT2D eigenvalue weighted by atomic mass is 9.55. The van der Waals surface area contributed by atoms with E-state index >= 15 is 0 Å². The number of hydrogen-bond donors (Lipinski definition) is 1. The summed E-state index contributed by atoms with van der Waals surface area (Å²) in [6, 6.07) is 7.07. The third kappa shape index (κ3) is 2.69. The Balaban J connectivity index is 2.78. The second kappa shape index (κ2) is 6.67. The van der Waals surface area contributed by atoms with Crippen LogP contribution in [0.1, 0.15) is 26.3 Å². The van der Waals surface area contributed by atoms with Gasteiger partial charge < -0.3 is 10.1 Å². The van der Waals surface area contributed by atoms with Gasteiger partial charge in [0.1, 0.15) is 23.7 Å². The molecule has 25 heavy (non-hydrogen) atoms. The molecule has 0 bridgehead atoms. The molecule has 0 saturated carbocycles. The first-order valence-electron chi connectivity index (χ1n) is 8.06. The third-order valence-corrected chi connectivity index (χ3v) is 4.90. The lowest BCUT2D eigenvalue weighted by Crippen LogP contribution is -2.57. The predicted molar refractivity (Wildman–Crippen MR) is 96.1 cm³/mol. The minimum atomic E-state index is -1.44. The quantitative estimate of drug-likeness (QED) is 0.470. The monoisotopic (exact) mass is 341 g/mol. The number of hydrogen-bond acceptors (Lipinski definition) is 4. The van der Waals surface area contributed by atoms with Crippen molar-refractivity contribution in [3.05, 3.63) is 55.1 Å². The highest BCUT2D eigenvalue weighted by Crippen LogP contribution is 2.55. The van der Waals surface area contributed by atoms with E-state index in [1.54, 1.807) is 44.2 Å². The molecular weight excluding hydrogens is 318 g/mol. The number of ketones is 1. The zero-order valence-corrected chi connectivity index (χ0v) is 14.8. The van der Waals surface area contributed by atoms with Gasteiger partial charge in [0.25, 0.3) is 0 Å². The van der Waals surface area contributed by atoms with Crippen molar-refractivity contribution in [1.29, 1.82) is 0 Å². The number of ether oxygens (including phenoxy) is 1. The first-order valence-corrected chi connectivity index (χ1v) is 8.06. The Hall–Kier alpha value is -2.69. The maximum Gasteiger partial charge on any atom is 0.318 e. The molecule has 1 amide bonds. The molecule has 132 valence electrons. The van der Waals surface area contributed by atoms with Crippen LogP contribution in [0.2, 0.25) is 0 Å². The van der Waals surface area contributed by atoms with Crippen LogP contribution in [-0.4, -0.2) is 24.3 Å². The molecular formula is C20H23NO4. The van der Waals surface area contributed by atoms with Gasteiger partial charge in [0.2, 0.25) is 5.91 Å². The zero-order valence-electron chi connectivity index (χ0n) is 14.8. The average molecular weight is 341 g/mol. The Morgan fingerprint density at radius 2 is 1.96 bits per heavy atom. The number of amides is 1. The number of carbonyl (C=O) groups is 3. The molecule has 1 aromatic carbocycles. The van der Waals surface area contributed by atoms with Crippen molar-refractivity contribution in [3.63, 3.8) is 0 Å². The third-order valence-electron chi connectivity index (χ3n) is 4.90. The second-order valence-electron chi connectivity index (χ2n) is 6.70. The van der Waals surface area contributed by atoms with E-state index in [1.807, 2.05) is 0 Å². The Bertz CT molecular complexity index is 750. The summed E-state index contributed by atoms with van der Waals surface area (Å²) < 4.78 is 5.16. The van der Waals surface area contributed by atoms with E-state index in [1.165, 1.54) is 13.0 Å². The number of Topliss-reactive ketones (excluding diaryl/α,β-unsaturated/α-hetero) is 1. The number of para-hydroxylation sites is 1. The normalized spacial score (nSPS) is 20.2. The topological polar surface area (TPSA) is 72.5 Å². The van der Waals surface area contributed by atoms with Gasteiger partial charge in [0.05, 0.1) is 0 Å². The molecule has 2 rings (SSSR count). The molecule has 0 aliphatic carbocycles. The van der Waals surface area contributed by atoms with Crippen LogP contribution in [0, 0.1) is 11.3 Å². The molecule has 1 N–H and O–H groups in total. The number of nitrogens with one attached hydrogen (secondary N) is 1. The summed E-state index contributed by atoms with van der Waals surface area (Å²) in [6.45, 7) is 12.2. The number of anilines is 1. The standard InChI is InChI=1S/C20H23NO4/c1-6-12-25-17(23)16(13(3)22)20(19(4,5)7-2)14-10-8-9-11-15(14)21-18(20)24/h6-11,16H,1-2,12H2,3-5H3,(H,21,24)/t16?,20-/m0/s1. The van der Waals surface area contributed by atoms with Gasteiger partial charge in [0.15, 0.2) is 0 Å². The molecule has 2 atom stereocenters. The summed E-state index contributed by atoms with van der Waals surface area (Å²) in [7, 11) is 0. The van der Waals surface area contributed by atoms with Crippen molar-refractivity contribution in [2.45, 2.75) is 26.2 Å². The molecule has 0 aromatic heterocycles. The van der Waals surface area contributed by atoms with E-state index in [2.05, 4.69) is 18.5 Å². The van der Waals surface area contributed by atoms with E-state index in [0.717, 1.165) is 0 Å². The van der Waals surface area contributed by atoms with E-state index in [-0.39, 0.29) is 6.61 Å². The minimum Gasteiger partial charge on any atom is -0.461 e. The minimum absolute atomic E-state index is 0.0313. The van der Waals surface area contributed by atoms with Gasteiger partial charge in [-0.3, -0.25) is 14.4 Å². The van der Waals surface area contributed by atoms with Crippen molar-refractivity contribution < 1.29 is 19.1 Å². The Morgan fingerprint density at radius 3 is 2.52 bits per heavy atom. The highest BCUT2D eigenvalue weighted by molar-refractivity contribution is 6.15. The average Bonchev–Trinajstić information content (AvgIpc) is 2.86. The van der Waals surface area contributed by atoms with Gasteiger partial charge in [-0.25, -0.2) is 0 Å². The molecule has 0 fully saturated rings. The van der Waals surface area contributed by atoms with Gasteiger partial charge in [-0.15, -0.1) is 6.58 Å². The highest BCUT2D eigenvalue weighted by atomic mass is 16.5. The Labute approximate surface area is 147 Å². The molecule has 1 aliphatic rings. The lowest BCUT2D eigenvalue weighted by molar-refractivity contribution is -0.158. The molecule has 0 saturated heterocycles. The van der Waals surface area contributed by atoms with Gasteiger partial charge >= 0.3 is 5.97 Å². The Morgan fingerprint density at radius 1 is 1.32 bits per heavy atom. The predicted octanol–water partition coefficient (Wildman–Crippen LogP) is 3.02. The molecule has 1 unspecified atom stereocenters. The number of allylic oxidation sites excluding steroid dienone is 1. The Kier molecular flexibility index (Phi) is 4.97. The zero-order chi connectivity index (χ0) is 18.8. The molecule has 5 nitrogen and oxygen atoms in total. The van der Waals surface area contributed by atoms with Crippen LogP contribution in [0.15, 0.2) is 49.6 Å². The van der Waals surface area contributed by atoms with Crippen LogP contribution in [0.5, 0.6) is 0 Å². The van der Waals surface area contributed by atoms with Crippen molar-refractivity contribution in [3.8, 4) is 0 Å². The fraction of sp³-hybridized carbons (Fsp3) is 0.350. The van der Waals surface area contributed by atoms with Crippen LogP contribution < -0.4 is 5.32 Å². The van der Waals surface area contributed by atoms with Crippen LogP contribution in [0.25, 0.3) is 0 Å². The number of carbonyl (C=O) groups excluding carboxylic acids is 3. The summed E-state index contributed by atoms with van der Waals surface area (Å²) in [4.78, 5) is 38.4. The summed E-state index contributed by atoms with van der Waals surface area (Å²) in [5, 5.41) is 2.81. The van der Waals surface area contributed by atoms with E-state index < -0.39 is 34.4 Å². The maximum absolute atomic E-state index is 13.1. The molecule has 5 heteroatoms. The molecule has 1 aromatic rings. The van der Waals surface area contributed by atoms with E-state index in [9.17, 15) is 14.4 Å². The maximum atomic E-state index is 13.1. The van der Waals surface area contributed by atoms with Crippen LogP contribution >= 0.6 is 0 Å². The summed E-state index contributed by atoms with van der Waals surface area (Å²) in [5.41, 5.74) is -1.13. The highest BCUT2D eigenvalue weighted by Gasteiger charge is 2.64. The number of fused-ring (bicyclic) bond motifs is 1. The van der Waals surface area contributed by atoms with Crippen LogP contribution in [-0.2, 0) is 24.5 Å². The lowest BCUT2D eigenvalue weighted by Gasteiger charge is -2.44. The molecule has 0 radical (unpaired) electrons. The summed E-state index contributed by atoms with van der Waals surface area (Å²) in [6.07, 6.45) is 3.02. The van der Waals surface area contributed by atoms with Crippen LogP contribution in [0.4, 0.5) is 5.69 Å². The van der Waals surface area contributed by atoms with Crippen LogP contribution in [0.3, 0.4) is 0 Å². The fourth-order valence-electron chi connectivity index (χ4n) is 3.61. The smallest absolute Gasteiger partial charge is 0.318 e. The molecule has 0 spiro atoms. The summed E-state index contributed by atoms with van der Waals surface area (Å²) in [5.74, 6) is -2.87. The fourth-order valence-corrected chi connectivity index (χ4v) is 3.61. The van der Waals surface area contributed by atoms with Gasteiger partial charge in [-0.1, -0.05) is 50.8 Å². The van der Waals surface area contributed by atoms with Gasteiger partial charge in [0, 0.05) is 11.1 Å². The SMILES string of the molecule is C=CCOC(=O)C(C(C)=O)[C@]1(C(C)(C)C=C)C(=O)Nc2ccccc21. The van der Waals surface area contributed by atoms with Crippen molar-refractivity contribution >= 4 is 23.3 Å². The van der Waals surface area contributed by atoms with Crippen molar-refractivity contribution in [2.24, 2.45) is 11.3 Å². The van der Waals surface area contributed by atoms with Gasteiger partial charge in [-0.05, 0) is 18.6 Å². The number of benzene rings is 1. The molecule has 1 heterocycles. The van der Waals surface area contributed by atoms with Crippen molar-refractivity contribution in [2.75, 3.05) is 11.9 Å². The van der Waals surface area contributed by atoms with Crippen molar-refractivity contribution in [1.82, 2.24) is 0 Å². The molecule has 1 aliphatic heterocycles. The van der Waals surface area contributed by atoms with E-state index in [4.69, 9.17) is 4.74 Å². The first kappa shape index (κ1) is 18.6. The number of esters is 1. The number of rotatable bonds is 7. The van der Waals surface area contributed by atoms with E-state index in [0.29, 0.717) is 11.3 Å². The largest absolute Gasteiger partial charge is 0.461 e.